The molecule has 29 heteroatoms. The Morgan fingerprint density at radius 3 is 2.07 bits per heavy atom. The van der Waals surface area contributed by atoms with Crippen LogP contribution in [0.2, 0.25) is 0 Å². The van der Waals surface area contributed by atoms with Gasteiger partial charge >= 0.3 is 5.76 Å². The lowest BCUT2D eigenvalue weighted by atomic mass is 9.92. The van der Waals surface area contributed by atoms with Crippen molar-refractivity contribution in [1.29, 1.82) is 0 Å². The van der Waals surface area contributed by atoms with E-state index in [1.54, 1.807) is 37.3 Å². The van der Waals surface area contributed by atoms with Crippen molar-refractivity contribution in [2.24, 2.45) is 21.5 Å². The van der Waals surface area contributed by atoms with Crippen LogP contribution in [0.15, 0.2) is 67.7 Å². The van der Waals surface area contributed by atoms with Crippen LogP contribution in [0.3, 0.4) is 0 Å². The van der Waals surface area contributed by atoms with Gasteiger partial charge in [0.2, 0.25) is 35.4 Å². The summed E-state index contributed by atoms with van der Waals surface area (Å²) in [7, 11) is 0. The van der Waals surface area contributed by atoms with Crippen LogP contribution >= 0.6 is 0 Å². The van der Waals surface area contributed by atoms with Crippen LogP contribution in [0.1, 0.15) is 24.0 Å². The highest BCUT2D eigenvalue weighted by Gasteiger charge is 2.52. The van der Waals surface area contributed by atoms with Crippen molar-refractivity contribution < 1.29 is 73.7 Å². The maximum atomic E-state index is 14.8. The number of rotatable bonds is 11. The summed E-state index contributed by atoms with van der Waals surface area (Å²) >= 11 is 0. The minimum absolute atomic E-state index is 0.155. The molecule has 1 aromatic heterocycles. The molecule has 72 heavy (non-hydrogen) atoms. The minimum Gasteiger partial charge on any atom is -0.408 e. The van der Waals surface area contributed by atoms with Crippen molar-refractivity contribution in [2.45, 2.75) is 104 Å². The molecular formula is C43H57N13O16. The number of guanidine groups is 2. The van der Waals surface area contributed by atoms with Gasteiger partial charge in [0, 0.05) is 12.3 Å². The van der Waals surface area contributed by atoms with E-state index in [1.807, 2.05) is 0 Å². The molecule has 4 aliphatic heterocycles. The number of aliphatic imine (C=N–C) groups is 2. The molecule has 2 saturated heterocycles. The number of benzene rings is 2. The van der Waals surface area contributed by atoms with E-state index in [-0.39, 0.29) is 30.0 Å². The SMILES string of the molecule is CC(c1ccccc1)[C@@H]1NC(=O)CNC(=O)[C@H](CO)NC(=O)[C@@H](C(O)C2CN=C(N)N2[C@H]2O[C@H](CO)[C@@H](O)[C@H](O)[C@@H]2O)NC(=O)[C@H](C(O)C2CN=C(N)N2)NC(=O)[C@@H](Cc2ccc3oc(=O)[nH]c3c2)NC1=O. The number of nitrogens with zero attached hydrogens (tertiary/aromatic N) is 3. The van der Waals surface area contributed by atoms with E-state index >= 15 is 0 Å². The van der Waals surface area contributed by atoms with Crippen molar-refractivity contribution in [1.82, 2.24) is 47.1 Å². The number of aromatic nitrogens is 1. The molecule has 19 N–H and O–H groups in total. The number of ether oxygens (including phenoxy) is 1. The summed E-state index contributed by atoms with van der Waals surface area (Å²) in [5.74, 6) is -9.13. The first-order chi connectivity index (χ1) is 34.3. The third-order valence-corrected chi connectivity index (χ3v) is 12.9. The van der Waals surface area contributed by atoms with Crippen LogP contribution in [0, 0.1) is 0 Å². The number of nitrogens with two attached hydrogens (primary N) is 2. The monoisotopic (exact) mass is 1010 g/mol. The van der Waals surface area contributed by atoms with E-state index in [1.165, 1.54) is 18.2 Å². The summed E-state index contributed by atoms with van der Waals surface area (Å²) in [4.78, 5) is 109. The van der Waals surface area contributed by atoms with Crippen molar-refractivity contribution in [3.05, 3.63) is 70.2 Å². The van der Waals surface area contributed by atoms with E-state index in [2.05, 4.69) is 52.2 Å². The van der Waals surface area contributed by atoms with E-state index in [9.17, 15) is 69.3 Å². The summed E-state index contributed by atoms with van der Waals surface area (Å²) < 4.78 is 10.8. The lowest BCUT2D eigenvalue weighted by Gasteiger charge is -2.46. The predicted octanol–water partition coefficient (Wildman–Crippen LogP) is -9.18. The number of carbonyl (C=O) groups excluding carboxylic acids is 6. The van der Waals surface area contributed by atoms with Gasteiger partial charge in [0.05, 0.1) is 50.4 Å². The Kier molecular flexibility index (Phi) is 16.4. The summed E-state index contributed by atoms with van der Waals surface area (Å²) in [6, 6.07) is 0.619. The maximum Gasteiger partial charge on any atom is 0.417 e. The molecule has 6 amide bonds. The Morgan fingerprint density at radius 1 is 0.722 bits per heavy atom. The zero-order chi connectivity index (χ0) is 52.1. The maximum absolute atomic E-state index is 14.8. The smallest absolute Gasteiger partial charge is 0.408 e. The Hall–Kier alpha value is -7.25. The molecule has 29 nitrogen and oxygen atoms in total. The Labute approximate surface area is 407 Å². The molecule has 5 heterocycles. The van der Waals surface area contributed by atoms with Gasteiger partial charge in [-0.1, -0.05) is 43.3 Å². The molecule has 0 saturated carbocycles. The number of fused-ring (bicyclic) bond motifs is 1. The van der Waals surface area contributed by atoms with Gasteiger partial charge in [0.15, 0.2) is 23.7 Å². The van der Waals surface area contributed by atoms with Crippen LogP contribution in [-0.2, 0) is 39.9 Å². The second-order valence-electron chi connectivity index (χ2n) is 17.6. The molecule has 4 aliphatic rings. The fraction of sp³-hybridized carbons (Fsp3) is 0.512. The van der Waals surface area contributed by atoms with Gasteiger partial charge in [-0.05, 0) is 23.3 Å². The highest BCUT2D eigenvalue weighted by atomic mass is 16.6. The molecule has 5 unspecified atom stereocenters. The molecule has 2 fully saturated rings. The largest absolute Gasteiger partial charge is 0.417 e. The lowest BCUT2D eigenvalue weighted by molar-refractivity contribution is -0.260. The first kappa shape index (κ1) is 52.6. The van der Waals surface area contributed by atoms with E-state index in [0.717, 1.165) is 4.90 Å². The third kappa shape index (κ3) is 11.4. The molecular weight excluding hydrogens is 955 g/mol. The van der Waals surface area contributed by atoms with Crippen molar-refractivity contribution in [3.63, 3.8) is 0 Å². The molecule has 2 aromatic carbocycles. The average molecular weight is 1010 g/mol. The molecule has 0 radical (unpaired) electrons. The highest BCUT2D eigenvalue weighted by molar-refractivity contribution is 5.98. The molecule has 7 rings (SSSR count). The molecule has 0 aliphatic carbocycles. The lowest BCUT2D eigenvalue weighted by Crippen LogP contribution is -2.70. The molecule has 15 atom stereocenters. The Balaban J connectivity index is 1.29. The number of aliphatic hydroxyl groups excluding tert-OH is 7. The van der Waals surface area contributed by atoms with Crippen LogP contribution in [0.25, 0.3) is 11.1 Å². The average Bonchev–Trinajstić information content (AvgIpc) is 4.09. The summed E-state index contributed by atoms with van der Waals surface area (Å²) in [5, 5.41) is 93.5. The second kappa shape index (κ2) is 22.4. The van der Waals surface area contributed by atoms with Gasteiger partial charge in [0.1, 0.15) is 66.8 Å². The molecule has 0 bridgehead atoms. The van der Waals surface area contributed by atoms with Crippen molar-refractivity contribution in [2.75, 3.05) is 32.8 Å². The Bertz CT molecular complexity index is 2610. The predicted molar refractivity (Wildman–Crippen MR) is 246 cm³/mol. The van der Waals surface area contributed by atoms with E-state index < -0.39 is 165 Å². The van der Waals surface area contributed by atoms with Crippen molar-refractivity contribution in [3.8, 4) is 0 Å². The number of hydrogen-bond donors (Lipinski definition) is 17. The number of nitrogens with one attached hydrogen (secondary N) is 8. The van der Waals surface area contributed by atoms with E-state index in [4.69, 9.17) is 20.6 Å². The van der Waals surface area contributed by atoms with Gasteiger partial charge in [-0.3, -0.25) is 43.7 Å². The standard InChI is InChI=1S/C43H57N13O16/c1-16(18-5-3-2-4-6-18)27-37(67)49-20(10-17-7-8-24-19(9-17)52-43(70)72-24)36(66)54-28(30(60)21-11-47-41(44)51-21)39(69)55-29(38(68)50-22(14-57)35(65)46-13-26(59)53-27)31(61)23-12-48-42(45)56(23)40-34(64)33(63)32(62)25(15-58)71-40/h2-9,16,20-23,25,27-34,40,57-58,60-64H,10-15H2,1H3,(H2,45,48)(H,46,65)(H,49,67)(H,50,68)(H,52,70)(H,53,59)(H,54,66)(H,55,69)(H3,44,47,51)/t16?,20-,21?,22+,23?,25-,27+,28+,29-,30?,31?,32-,33+,34+,40+/m1/s1. The van der Waals surface area contributed by atoms with Gasteiger partial charge in [-0.25, -0.2) is 4.79 Å². The van der Waals surface area contributed by atoms with Crippen LogP contribution in [0.4, 0.5) is 0 Å². The van der Waals surface area contributed by atoms with Gasteiger partial charge in [-0.15, -0.1) is 0 Å². The van der Waals surface area contributed by atoms with Gasteiger partial charge in [0.25, 0.3) is 0 Å². The molecule has 3 aromatic rings. The first-order valence-corrected chi connectivity index (χ1v) is 22.7. The number of H-pyrrole nitrogens is 1. The normalized spacial score (nSPS) is 31.5. The fourth-order valence-corrected chi connectivity index (χ4v) is 8.83. The van der Waals surface area contributed by atoms with E-state index in [0.29, 0.717) is 11.1 Å². The number of aliphatic hydroxyl groups is 7. The fourth-order valence-electron chi connectivity index (χ4n) is 8.83. The van der Waals surface area contributed by atoms with Crippen LogP contribution in [0.5, 0.6) is 0 Å². The zero-order valence-corrected chi connectivity index (χ0v) is 38.3. The number of amides is 6. The first-order valence-electron chi connectivity index (χ1n) is 22.7. The highest BCUT2D eigenvalue weighted by Crippen LogP contribution is 2.29. The van der Waals surface area contributed by atoms with Gasteiger partial charge in [-0.2, -0.15) is 0 Å². The van der Waals surface area contributed by atoms with Crippen molar-refractivity contribution >= 4 is 58.5 Å². The number of aromatic amines is 1. The van der Waals surface area contributed by atoms with Crippen LogP contribution < -0.4 is 54.4 Å². The summed E-state index contributed by atoms with van der Waals surface area (Å²) in [5.41, 5.74) is 13.3. The number of hydrogen-bond acceptors (Lipinski definition) is 22. The number of carbonyl (C=O) groups is 6. The van der Waals surface area contributed by atoms with Gasteiger partial charge < -0.3 is 98.5 Å². The summed E-state index contributed by atoms with van der Waals surface area (Å²) in [6.07, 6.45) is -13.6. The molecule has 0 spiro atoms. The second-order valence-corrected chi connectivity index (χ2v) is 17.6. The quantitative estimate of drug-likeness (QED) is 0.0848. The zero-order valence-electron chi connectivity index (χ0n) is 38.3. The summed E-state index contributed by atoms with van der Waals surface area (Å²) in [6.45, 7) is -1.97. The minimum atomic E-state index is -2.27. The van der Waals surface area contributed by atoms with Crippen LogP contribution in [-0.4, -0.2) is 211 Å². The third-order valence-electron chi connectivity index (χ3n) is 12.9. The number of oxazole rings is 1. The molecule has 390 valence electrons. The topological polar surface area (TPSA) is 463 Å². The Morgan fingerprint density at radius 2 is 1.39 bits per heavy atom.